The lowest BCUT2D eigenvalue weighted by atomic mass is 9.51. The lowest BCUT2D eigenvalue weighted by Crippen LogP contribution is -2.44. The van der Waals surface area contributed by atoms with Crippen LogP contribution in [0.15, 0.2) is 6.07 Å². The third kappa shape index (κ3) is 1.88. The van der Waals surface area contributed by atoms with Crippen LogP contribution in [-0.4, -0.2) is 24.1 Å². The number of hydrogen-bond acceptors (Lipinski definition) is 4. The van der Waals surface area contributed by atoms with Gasteiger partial charge in [0.1, 0.15) is 17.5 Å². The molecular weight excluding hydrogens is 248 g/mol. The fourth-order valence-corrected chi connectivity index (χ4v) is 5.20. The molecule has 0 aliphatic heterocycles. The van der Waals surface area contributed by atoms with Gasteiger partial charge in [-0.2, -0.15) is 0 Å². The fourth-order valence-electron chi connectivity index (χ4n) is 5.20. The molecule has 1 aromatic heterocycles. The van der Waals surface area contributed by atoms with Crippen molar-refractivity contribution in [1.82, 2.24) is 9.97 Å². The van der Waals surface area contributed by atoms with Crippen LogP contribution in [0.3, 0.4) is 0 Å². The van der Waals surface area contributed by atoms with E-state index in [-0.39, 0.29) is 0 Å². The van der Waals surface area contributed by atoms with Crippen LogP contribution in [0.25, 0.3) is 0 Å². The van der Waals surface area contributed by atoms with Gasteiger partial charge in [0.25, 0.3) is 0 Å². The van der Waals surface area contributed by atoms with E-state index in [0.717, 1.165) is 35.3 Å². The van der Waals surface area contributed by atoms with E-state index in [2.05, 4.69) is 4.98 Å². The predicted octanol–water partition coefficient (Wildman–Crippen LogP) is 2.66. The first kappa shape index (κ1) is 12.4. The van der Waals surface area contributed by atoms with E-state index in [1.807, 2.05) is 25.1 Å². The quantitative estimate of drug-likeness (QED) is 0.899. The van der Waals surface area contributed by atoms with Crippen molar-refractivity contribution < 1.29 is 0 Å². The summed E-state index contributed by atoms with van der Waals surface area (Å²) < 4.78 is 0. The second kappa shape index (κ2) is 4.34. The molecule has 5 rings (SSSR count). The Morgan fingerprint density at radius 3 is 2.15 bits per heavy atom. The van der Waals surface area contributed by atoms with E-state index in [1.165, 1.54) is 32.1 Å². The fraction of sp³-hybridized carbons (Fsp3) is 0.750. The zero-order valence-corrected chi connectivity index (χ0v) is 12.4. The summed E-state index contributed by atoms with van der Waals surface area (Å²) in [5.41, 5.74) is 6.01. The van der Waals surface area contributed by atoms with E-state index < -0.39 is 0 Å². The van der Waals surface area contributed by atoms with Crippen LogP contribution in [-0.2, 0) is 0 Å². The largest absolute Gasteiger partial charge is 0.384 e. The predicted molar refractivity (Wildman–Crippen MR) is 80.6 cm³/mol. The van der Waals surface area contributed by atoms with E-state index >= 15 is 0 Å². The number of rotatable bonds is 2. The highest BCUT2D eigenvalue weighted by atomic mass is 15.2. The molecule has 0 radical (unpaired) electrons. The second-order valence-electron chi connectivity index (χ2n) is 7.36. The Bertz CT molecular complexity index is 497. The molecule has 4 aliphatic carbocycles. The Morgan fingerprint density at radius 2 is 1.60 bits per heavy atom. The van der Waals surface area contributed by atoms with Crippen molar-refractivity contribution in [3.8, 4) is 0 Å². The minimum Gasteiger partial charge on any atom is -0.384 e. The SMILES string of the molecule is CN(C)c1cc(N)nc(C2C3CC4CC(C3)CC2C4)n1. The molecule has 0 spiro atoms. The van der Waals surface area contributed by atoms with Crippen molar-refractivity contribution in [2.24, 2.45) is 23.7 Å². The van der Waals surface area contributed by atoms with Crippen molar-refractivity contribution in [2.45, 2.75) is 38.0 Å². The first-order valence-electron chi connectivity index (χ1n) is 7.92. The maximum absolute atomic E-state index is 6.01. The summed E-state index contributed by atoms with van der Waals surface area (Å²) in [5, 5.41) is 0. The minimum absolute atomic E-state index is 0.560. The molecule has 1 heterocycles. The van der Waals surface area contributed by atoms with Gasteiger partial charge in [-0.3, -0.25) is 0 Å². The molecule has 20 heavy (non-hydrogen) atoms. The summed E-state index contributed by atoms with van der Waals surface area (Å²) >= 11 is 0. The summed E-state index contributed by atoms with van der Waals surface area (Å²) in [6, 6.07) is 1.87. The number of nitrogens with zero attached hydrogens (tertiary/aromatic N) is 3. The van der Waals surface area contributed by atoms with Gasteiger partial charge in [-0.05, 0) is 55.8 Å². The van der Waals surface area contributed by atoms with Crippen LogP contribution in [0.2, 0.25) is 0 Å². The van der Waals surface area contributed by atoms with Gasteiger partial charge in [0.15, 0.2) is 0 Å². The lowest BCUT2D eigenvalue weighted by Gasteiger charge is -2.53. The molecule has 2 N–H and O–H groups in total. The molecular formula is C16H24N4. The minimum atomic E-state index is 0.560. The molecule has 4 heteroatoms. The Labute approximate surface area is 120 Å². The van der Waals surface area contributed by atoms with Gasteiger partial charge in [0.05, 0.1) is 0 Å². The third-order valence-corrected chi connectivity index (χ3v) is 5.73. The topological polar surface area (TPSA) is 55.0 Å². The molecule has 4 nitrogen and oxygen atoms in total. The summed E-state index contributed by atoms with van der Waals surface area (Å²) in [4.78, 5) is 11.4. The van der Waals surface area contributed by atoms with Gasteiger partial charge in [0.2, 0.25) is 0 Å². The van der Waals surface area contributed by atoms with Crippen LogP contribution >= 0.6 is 0 Å². The molecule has 1 aromatic rings. The Balaban J connectivity index is 1.70. The number of nitrogens with two attached hydrogens (primary N) is 1. The van der Waals surface area contributed by atoms with Gasteiger partial charge in [0, 0.05) is 26.1 Å². The van der Waals surface area contributed by atoms with Gasteiger partial charge in [-0.1, -0.05) is 0 Å². The van der Waals surface area contributed by atoms with Gasteiger partial charge >= 0.3 is 0 Å². The van der Waals surface area contributed by atoms with Crippen molar-refractivity contribution in [3.63, 3.8) is 0 Å². The second-order valence-corrected chi connectivity index (χ2v) is 7.36. The Morgan fingerprint density at radius 1 is 1.00 bits per heavy atom. The van der Waals surface area contributed by atoms with Gasteiger partial charge in [-0.25, -0.2) is 9.97 Å². The standard InChI is InChI=1S/C16H24N4/c1-20(2)14-8-13(17)18-16(19-14)15-11-4-9-3-10(6-11)7-12(15)5-9/h8-12,15H,3-7H2,1-2H3,(H2,17,18,19). The highest BCUT2D eigenvalue weighted by molar-refractivity contribution is 5.46. The highest BCUT2D eigenvalue weighted by Gasteiger charge is 2.49. The van der Waals surface area contributed by atoms with Crippen molar-refractivity contribution in [3.05, 3.63) is 11.9 Å². The number of hydrogen-bond donors (Lipinski definition) is 1. The van der Waals surface area contributed by atoms with E-state index in [1.54, 1.807) is 0 Å². The van der Waals surface area contributed by atoms with Crippen LogP contribution in [0.1, 0.15) is 43.8 Å². The summed E-state index contributed by atoms with van der Waals surface area (Å²) in [7, 11) is 4.03. The molecule has 0 saturated heterocycles. The van der Waals surface area contributed by atoms with Crippen molar-refractivity contribution >= 4 is 11.6 Å². The molecule has 0 aromatic carbocycles. The molecule has 0 atom stereocenters. The van der Waals surface area contributed by atoms with E-state index in [4.69, 9.17) is 10.7 Å². The lowest BCUT2D eigenvalue weighted by molar-refractivity contribution is -0.00556. The average molecular weight is 272 g/mol. The normalized spacial score (nSPS) is 38.2. The number of anilines is 2. The highest BCUT2D eigenvalue weighted by Crippen LogP contribution is 2.59. The summed E-state index contributed by atoms with van der Waals surface area (Å²) in [5.74, 6) is 6.73. The van der Waals surface area contributed by atoms with E-state index in [0.29, 0.717) is 11.7 Å². The van der Waals surface area contributed by atoms with Crippen LogP contribution in [0.5, 0.6) is 0 Å². The molecule has 108 valence electrons. The Hall–Kier alpha value is -1.32. The van der Waals surface area contributed by atoms with E-state index in [9.17, 15) is 0 Å². The average Bonchev–Trinajstić information content (AvgIpc) is 2.36. The maximum atomic E-state index is 6.01. The first-order valence-corrected chi connectivity index (χ1v) is 7.92. The monoisotopic (exact) mass is 272 g/mol. The summed E-state index contributed by atoms with van der Waals surface area (Å²) in [6.07, 6.45) is 7.07. The van der Waals surface area contributed by atoms with Crippen LogP contribution < -0.4 is 10.6 Å². The van der Waals surface area contributed by atoms with Crippen molar-refractivity contribution in [2.75, 3.05) is 24.7 Å². The molecule has 0 amide bonds. The third-order valence-electron chi connectivity index (χ3n) is 5.73. The number of nitrogen functional groups attached to an aromatic ring is 1. The van der Waals surface area contributed by atoms with Crippen molar-refractivity contribution in [1.29, 1.82) is 0 Å². The molecule has 0 unspecified atom stereocenters. The summed E-state index contributed by atoms with van der Waals surface area (Å²) in [6.45, 7) is 0. The molecule has 4 aliphatic rings. The smallest absolute Gasteiger partial charge is 0.136 e. The molecule has 4 saturated carbocycles. The van der Waals surface area contributed by atoms with Gasteiger partial charge in [-0.15, -0.1) is 0 Å². The van der Waals surface area contributed by atoms with Crippen LogP contribution in [0.4, 0.5) is 11.6 Å². The maximum Gasteiger partial charge on any atom is 0.136 e. The first-order chi connectivity index (χ1) is 9.60. The molecule has 4 bridgehead atoms. The van der Waals surface area contributed by atoms with Gasteiger partial charge < -0.3 is 10.6 Å². The molecule has 4 fully saturated rings. The zero-order chi connectivity index (χ0) is 13.9. The zero-order valence-electron chi connectivity index (χ0n) is 12.4. The Kier molecular flexibility index (Phi) is 2.69. The number of aromatic nitrogens is 2. The van der Waals surface area contributed by atoms with Crippen LogP contribution in [0, 0.1) is 23.7 Å².